The van der Waals surface area contributed by atoms with E-state index in [0.29, 0.717) is 11.7 Å². The van der Waals surface area contributed by atoms with Crippen molar-refractivity contribution in [1.29, 1.82) is 0 Å². The molecular weight excluding hydrogens is 268 g/mol. The van der Waals surface area contributed by atoms with Crippen LogP contribution in [-0.2, 0) is 0 Å². The van der Waals surface area contributed by atoms with E-state index < -0.39 is 18.9 Å². The van der Waals surface area contributed by atoms with Crippen molar-refractivity contribution in [3.05, 3.63) is 0 Å². The first kappa shape index (κ1) is 14.0. The van der Waals surface area contributed by atoms with Crippen LogP contribution in [0.5, 0.6) is 0 Å². The van der Waals surface area contributed by atoms with Crippen LogP contribution >= 0.6 is 11.8 Å². The summed E-state index contributed by atoms with van der Waals surface area (Å²) in [6, 6.07) is 0. The van der Waals surface area contributed by atoms with E-state index in [4.69, 9.17) is 0 Å². The summed E-state index contributed by atoms with van der Waals surface area (Å²) in [7, 11) is 0. The first-order chi connectivity index (χ1) is 8.44. The van der Waals surface area contributed by atoms with Gasteiger partial charge in [0, 0.05) is 12.3 Å². The fraction of sp³-hybridized carbons (Fsp3) is 0.909. The Balaban J connectivity index is 1.83. The molecule has 0 bridgehead atoms. The van der Waals surface area contributed by atoms with Gasteiger partial charge in [-0.2, -0.15) is 8.78 Å². The second-order valence-electron chi connectivity index (χ2n) is 5.03. The molecule has 104 valence electrons. The third kappa shape index (κ3) is 3.10. The molecule has 0 aromatic carbocycles. The number of thioether (sulfide) groups is 1. The highest BCUT2D eigenvalue weighted by atomic mass is 32.2. The van der Waals surface area contributed by atoms with Gasteiger partial charge in [0.2, 0.25) is 0 Å². The van der Waals surface area contributed by atoms with E-state index in [1.807, 2.05) is 0 Å². The molecule has 1 heterocycles. The summed E-state index contributed by atoms with van der Waals surface area (Å²) in [5.74, 6) is -3.15. The number of nitrogens with zero attached hydrogens (tertiary/aromatic N) is 1. The fourth-order valence-electron chi connectivity index (χ4n) is 2.36. The smallest absolute Gasteiger partial charge is 0.324 e. The second-order valence-corrected chi connectivity index (χ2v) is 6.00. The summed E-state index contributed by atoms with van der Waals surface area (Å²) >= 11 is 1.37. The van der Waals surface area contributed by atoms with Crippen LogP contribution < -0.4 is 5.32 Å². The van der Waals surface area contributed by atoms with Crippen molar-refractivity contribution in [2.45, 2.75) is 38.0 Å². The maximum absolute atomic E-state index is 12.7. The van der Waals surface area contributed by atoms with Gasteiger partial charge < -0.3 is 5.32 Å². The van der Waals surface area contributed by atoms with Crippen LogP contribution in [-0.4, -0.2) is 36.4 Å². The average molecular weight is 284 g/mol. The third-order valence-corrected chi connectivity index (χ3v) is 4.84. The Kier molecular flexibility index (Phi) is 4.08. The lowest BCUT2D eigenvalue weighted by Gasteiger charge is -2.31. The lowest BCUT2D eigenvalue weighted by molar-refractivity contribution is -0.122. The summed E-state index contributed by atoms with van der Waals surface area (Å²) in [5, 5.41) is 2.70. The Hall–Kier alpha value is -0.460. The van der Waals surface area contributed by atoms with Crippen molar-refractivity contribution in [2.24, 2.45) is 10.4 Å². The van der Waals surface area contributed by atoms with E-state index in [9.17, 15) is 17.6 Å². The molecule has 18 heavy (non-hydrogen) atoms. The first-order valence-electron chi connectivity index (χ1n) is 6.01. The number of amidine groups is 1. The monoisotopic (exact) mass is 284 g/mol. The highest BCUT2D eigenvalue weighted by Crippen LogP contribution is 2.43. The molecule has 0 radical (unpaired) electrons. The molecule has 2 nitrogen and oxygen atoms in total. The number of aliphatic imine (C=N–C) groups is 1. The van der Waals surface area contributed by atoms with Gasteiger partial charge in [0.1, 0.15) is 0 Å². The number of hydrogen-bond donors (Lipinski definition) is 1. The van der Waals surface area contributed by atoms with E-state index in [0.717, 1.165) is 18.6 Å². The number of halogens is 4. The normalized spacial score (nSPS) is 23.5. The third-order valence-electron chi connectivity index (χ3n) is 3.53. The van der Waals surface area contributed by atoms with Crippen LogP contribution in [0.3, 0.4) is 0 Å². The lowest BCUT2D eigenvalue weighted by Crippen LogP contribution is -2.42. The number of nitrogens with one attached hydrogen (secondary N) is 1. The van der Waals surface area contributed by atoms with Crippen molar-refractivity contribution in [3.63, 3.8) is 0 Å². The van der Waals surface area contributed by atoms with Crippen LogP contribution in [0.2, 0.25) is 0 Å². The maximum Gasteiger partial charge on any atom is 0.324 e. The molecule has 1 N–H and O–H groups in total. The van der Waals surface area contributed by atoms with Gasteiger partial charge in [-0.3, -0.25) is 4.99 Å². The lowest BCUT2D eigenvalue weighted by atomic mass is 9.89. The average Bonchev–Trinajstić information content (AvgIpc) is 2.77. The molecule has 0 unspecified atom stereocenters. The molecule has 1 aliphatic carbocycles. The van der Waals surface area contributed by atoms with Gasteiger partial charge in [0.25, 0.3) is 0 Å². The van der Waals surface area contributed by atoms with Crippen LogP contribution in [0.4, 0.5) is 17.6 Å². The SMILES string of the molecule is FC(F)C(F)(F)CNC1=NCC2(CCCC2)CS1. The van der Waals surface area contributed by atoms with E-state index >= 15 is 0 Å². The topological polar surface area (TPSA) is 24.4 Å². The zero-order chi connectivity index (χ0) is 13.2. The van der Waals surface area contributed by atoms with Crippen LogP contribution in [0.15, 0.2) is 4.99 Å². The van der Waals surface area contributed by atoms with Gasteiger partial charge in [0.05, 0.1) is 6.54 Å². The van der Waals surface area contributed by atoms with Gasteiger partial charge in [0.15, 0.2) is 5.17 Å². The van der Waals surface area contributed by atoms with E-state index in [1.54, 1.807) is 0 Å². The molecule has 7 heteroatoms. The highest BCUT2D eigenvalue weighted by molar-refractivity contribution is 8.13. The quantitative estimate of drug-likeness (QED) is 0.805. The molecule has 0 saturated heterocycles. The van der Waals surface area contributed by atoms with Crippen LogP contribution in [0.25, 0.3) is 0 Å². The van der Waals surface area contributed by atoms with Crippen LogP contribution in [0, 0.1) is 5.41 Å². The molecule has 0 aromatic heterocycles. The number of alkyl halides is 4. The molecule has 0 amide bonds. The molecule has 1 aliphatic heterocycles. The van der Waals surface area contributed by atoms with E-state index in [-0.39, 0.29) is 5.41 Å². The van der Waals surface area contributed by atoms with Gasteiger partial charge in [-0.05, 0) is 18.3 Å². The van der Waals surface area contributed by atoms with Crippen molar-refractivity contribution in [1.82, 2.24) is 5.32 Å². The largest absolute Gasteiger partial charge is 0.359 e. The Morgan fingerprint density at radius 1 is 1.33 bits per heavy atom. The number of hydrogen-bond acceptors (Lipinski definition) is 3. The Bertz CT molecular complexity index is 327. The predicted octanol–water partition coefficient (Wildman–Crippen LogP) is 3.14. The zero-order valence-corrected chi connectivity index (χ0v) is 10.7. The predicted molar refractivity (Wildman–Crippen MR) is 64.6 cm³/mol. The molecular formula is C11H16F4N2S. The van der Waals surface area contributed by atoms with E-state index in [2.05, 4.69) is 10.3 Å². The van der Waals surface area contributed by atoms with Crippen molar-refractivity contribution >= 4 is 16.9 Å². The van der Waals surface area contributed by atoms with Gasteiger partial charge in [-0.15, -0.1) is 0 Å². The molecule has 2 rings (SSSR count). The van der Waals surface area contributed by atoms with E-state index in [1.165, 1.54) is 24.6 Å². The summed E-state index contributed by atoms with van der Waals surface area (Å²) in [6.45, 7) is -0.425. The zero-order valence-electron chi connectivity index (χ0n) is 9.89. The van der Waals surface area contributed by atoms with Gasteiger partial charge in [-0.1, -0.05) is 24.6 Å². The maximum atomic E-state index is 12.7. The van der Waals surface area contributed by atoms with Crippen molar-refractivity contribution in [3.8, 4) is 0 Å². The Morgan fingerprint density at radius 3 is 2.50 bits per heavy atom. The minimum Gasteiger partial charge on any atom is -0.359 e. The second kappa shape index (κ2) is 5.27. The van der Waals surface area contributed by atoms with Crippen molar-refractivity contribution < 1.29 is 17.6 Å². The molecule has 1 fully saturated rings. The summed E-state index contributed by atoms with van der Waals surface area (Å²) < 4.78 is 49.4. The molecule has 1 saturated carbocycles. The first-order valence-corrected chi connectivity index (χ1v) is 6.99. The highest BCUT2D eigenvalue weighted by Gasteiger charge is 2.41. The summed E-state index contributed by atoms with van der Waals surface area (Å²) in [5.41, 5.74) is 0.223. The fourth-order valence-corrected chi connectivity index (χ4v) is 3.51. The van der Waals surface area contributed by atoms with Crippen LogP contribution in [0.1, 0.15) is 25.7 Å². The molecule has 0 atom stereocenters. The standard InChI is InChI=1S/C11H16F4N2S/c12-8(13)11(14,15)6-17-9-16-5-10(7-18-9)3-1-2-4-10/h8H,1-7H2,(H,16,17). The minimum atomic E-state index is -3.99. The summed E-state index contributed by atoms with van der Waals surface area (Å²) in [6.07, 6.45) is 1.01. The molecule has 0 aromatic rings. The van der Waals surface area contributed by atoms with Gasteiger partial charge in [-0.25, -0.2) is 8.78 Å². The Labute approximate surface area is 108 Å². The minimum absolute atomic E-state index is 0.223. The summed E-state index contributed by atoms with van der Waals surface area (Å²) in [4.78, 5) is 4.22. The molecule has 1 spiro atoms. The number of rotatable bonds is 3. The Morgan fingerprint density at radius 2 is 2.00 bits per heavy atom. The molecule has 2 aliphatic rings. The van der Waals surface area contributed by atoms with Crippen molar-refractivity contribution in [2.75, 3.05) is 18.8 Å². The van der Waals surface area contributed by atoms with Gasteiger partial charge >= 0.3 is 12.3 Å².